The van der Waals surface area contributed by atoms with E-state index in [2.05, 4.69) is 53.6 Å². The molecule has 2 nitrogen and oxygen atoms in total. The number of hydrogen-bond donors (Lipinski definition) is 1. The number of likely N-dealkylation sites (N-methyl/N-ethyl adjacent to an activating group) is 1. The van der Waals surface area contributed by atoms with E-state index < -0.39 is 0 Å². The lowest BCUT2D eigenvalue weighted by atomic mass is 10.0. The molecule has 0 radical (unpaired) electrons. The van der Waals surface area contributed by atoms with Crippen LogP contribution in [0.1, 0.15) is 28.6 Å². The number of nitrogens with one attached hydrogen (secondary N) is 1. The standard InChI is InChI=1S/C16H20N2/c1-12-7-9-14(10-8-12)11-16(17-3)15-6-4-5-13(2)18-15/h4-10,16-17H,11H2,1-3H3. The third kappa shape index (κ3) is 3.17. The summed E-state index contributed by atoms with van der Waals surface area (Å²) in [5.74, 6) is 0. The molecule has 0 aliphatic carbocycles. The van der Waals surface area contributed by atoms with Gasteiger partial charge in [0, 0.05) is 5.69 Å². The van der Waals surface area contributed by atoms with E-state index in [1.54, 1.807) is 0 Å². The Kier molecular flexibility index (Phi) is 4.11. The number of aryl methyl sites for hydroxylation is 2. The normalized spacial score (nSPS) is 12.4. The molecular weight excluding hydrogens is 220 g/mol. The molecule has 0 fully saturated rings. The van der Waals surface area contributed by atoms with Gasteiger partial charge < -0.3 is 5.32 Å². The van der Waals surface area contributed by atoms with E-state index in [9.17, 15) is 0 Å². The van der Waals surface area contributed by atoms with E-state index in [1.165, 1.54) is 11.1 Å². The topological polar surface area (TPSA) is 24.9 Å². The summed E-state index contributed by atoms with van der Waals surface area (Å²) in [6.45, 7) is 4.14. The van der Waals surface area contributed by atoms with Crippen LogP contribution in [0.15, 0.2) is 42.5 Å². The fourth-order valence-corrected chi connectivity index (χ4v) is 2.07. The van der Waals surface area contributed by atoms with Gasteiger partial charge in [-0.25, -0.2) is 0 Å². The SMILES string of the molecule is CNC(Cc1ccc(C)cc1)c1cccc(C)n1. The molecule has 0 saturated carbocycles. The summed E-state index contributed by atoms with van der Waals surface area (Å²) < 4.78 is 0. The fourth-order valence-electron chi connectivity index (χ4n) is 2.07. The van der Waals surface area contributed by atoms with Crippen LogP contribution >= 0.6 is 0 Å². The molecule has 1 atom stereocenters. The molecule has 1 heterocycles. The predicted molar refractivity (Wildman–Crippen MR) is 75.7 cm³/mol. The fraction of sp³-hybridized carbons (Fsp3) is 0.312. The van der Waals surface area contributed by atoms with Crippen molar-refractivity contribution in [1.82, 2.24) is 10.3 Å². The summed E-state index contributed by atoms with van der Waals surface area (Å²) in [4.78, 5) is 4.60. The van der Waals surface area contributed by atoms with Crippen molar-refractivity contribution in [2.24, 2.45) is 0 Å². The predicted octanol–water partition coefficient (Wildman–Crippen LogP) is 3.20. The van der Waals surface area contributed by atoms with Crippen molar-refractivity contribution in [1.29, 1.82) is 0 Å². The lowest BCUT2D eigenvalue weighted by molar-refractivity contribution is 0.574. The maximum Gasteiger partial charge on any atom is 0.0579 e. The molecule has 2 aromatic rings. The number of benzene rings is 1. The average molecular weight is 240 g/mol. The molecule has 0 spiro atoms. The van der Waals surface area contributed by atoms with Gasteiger partial charge in [-0.3, -0.25) is 4.98 Å². The van der Waals surface area contributed by atoms with Crippen LogP contribution in [0, 0.1) is 13.8 Å². The Hall–Kier alpha value is -1.67. The largest absolute Gasteiger partial charge is 0.311 e. The van der Waals surface area contributed by atoms with Crippen molar-refractivity contribution in [3.8, 4) is 0 Å². The Morgan fingerprint density at radius 3 is 2.39 bits per heavy atom. The first-order valence-corrected chi connectivity index (χ1v) is 6.35. The van der Waals surface area contributed by atoms with Crippen molar-refractivity contribution in [2.75, 3.05) is 7.05 Å². The molecule has 2 rings (SSSR count). The minimum absolute atomic E-state index is 0.271. The summed E-state index contributed by atoms with van der Waals surface area (Å²) in [5.41, 5.74) is 4.81. The molecule has 94 valence electrons. The first-order valence-electron chi connectivity index (χ1n) is 6.35. The second kappa shape index (κ2) is 5.78. The molecule has 0 amide bonds. The monoisotopic (exact) mass is 240 g/mol. The minimum atomic E-state index is 0.271. The van der Waals surface area contributed by atoms with E-state index in [1.807, 2.05) is 20.0 Å². The molecule has 2 heteroatoms. The second-order valence-corrected chi connectivity index (χ2v) is 4.73. The van der Waals surface area contributed by atoms with E-state index >= 15 is 0 Å². The van der Waals surface area contributed by atoms with Gasteiger partial charge in [0.25, 0.3) is 0 Å². The molecule has 0 saturated heterocycles. The van der Waals surface area contributed by atoms with Crippen LogP contribution in [-0.4, -0.2) is 12.0 Å². The molecule has 0 aliphatic heterocycles. The zero-order valence-electron chi connectivity index (χ0n) is 11.3. The van der Waals surface area contributed by atoms with Gasteiger partial charge >= 0.3 is 0 Å². The van der Waals surface area contributed by atoms with Gasteiger partial charge in [0.15, 0.2) is 0 Å². The van der Waals surface area contributed by atoms with Gasteiger partial charge in [0.1, 0.15) is 0 Å². The van der Waals surface area contributed by atoms with E-state index in [0.717, 1.165) is 17.8 Å². The third-order valence-corrected chi connectivity index (χ3v) is 3.18. The molecule has 1 aromatic heterocycles. The Balaban J connectivity index is 2.17. The molecule has 1 unspecified atom stereocenters. The summed E-state index contributed by atoms with van der Waals surface area (Å²) in [5, 5.41) is 3.35. The summed E-state index contributed by atoms with van der Waals surface area (Å²) in [7, 11) is 1.99. The lowest BCUT2D eigenvalue weighted by Gasteiger charge is -2.16. The van der Waals surface area contributed by atoms with Gasteiger partial charge in [-0.15, -0.1) is 0 Å². The second-order valence-electron chi connectivity index (χ2n) is 4.73. The zero-order chi connectivity index (χ0) is 13.0. The maximum absolute atomic E-state index is 4.60. The highest BCUT2D eigenvalue weighted by atomic mass is 14.9. The minimum Gasteiger partial charge on any atom is -0.311 e. The molecule has 18 heavy (non-hydrogen) atoms. The van der Waals surface area contributed by atoms with E-state index in [-0.39, 0.29) is 6.04 Å². The Bertz CT molecular complexity index is 503. The molecule has 1 N–H and O–H groups in total. The van der Waals surface area contributed by atoms with Crippen molar-refractivity contribution in [3.63, 3.8) is 0 Å². The zero-order valence-corrected chi connectivity index (χ0v) is 11.3. The van der Waals surface area contributed by atoms with Crippen molar-refractivity contribution < 1.29 is 0 Å². The van der Waals surface area contributed by atoms with Gasteiger partial charge in [0.2, 0.25) is 0 Å². The first kappa shape index (κ1) is 12.8. The Morgan fingerprint density at radius 2 is 1.78 bits per heavy atom. The van der Waals surface area contributed by atoms with E-state index in [0.29, 0.717) is 0 Å². The summed E-state index contributed by atoms with van der Waals surface area (Å²) in [6, 6.07) is 15.1. The van der Waals surface area contributed by atoms with Crippen molar-refractivity contribution in [3.05, 3.63) is 65.0 Å². The van der Waals surface area contributed by atoms with Crippen LogP contribution in [0.25, 0.3) is 0 Å². The molecule has 0 aliphatic rings. The highest BCUT2D eigenvalue weighted by Gasteiger charge is 2.11. The lowest BCUT2D eigenvalue weighted by Crippen LogP contribution is -2.20. The van der Waals surface area contributed by atoms with Crippen LogP contribution in [-0.2, 0) is 6.42 Å². The van der Waals surface area contributed by atoms with Crippen LogP contribution in [0.2, 0.25) is 0 Å². The summed E-state index contributed by atoms with van der Waals surface area (Å²) in [6.07, 6.45) is 0.966. The first-order chi connectivity index (χ1) is 8.69. The Morgan fingerprint density at radius 1 is 1.06 bits per heavy atom. The van der Waals surface area contributed by atoms with Gasteiger partial charge in [-0.05, 0) is 45.0 Å². The highest BCUT2D eigenvalue weighted by molar-refractivity contribution is 5.24. The quantitative estimate of drug-likeness (QED) is 0.887. The number of nitrogens with zero attached hydrogens (tertiary/aromatic N) is 1. The van der Waals surface area contributed by atoms with Crippen LogP contribution in [0.5, 0.6) is 0 Å². The molecule has 1 aromatic carbocycles. The molecule has 0 bridgehead atoms. The highest BCUT2D eigenvalue weighted by Crippen LogP contribution is 2.17. The van der Waals surface area contributed by atoms with Crippen LogP contribution in [0.3, 0.4) is 0 Å². The maximum atomic E-state index is 4.60. The van der Waals surface area contributed by atoms with Crippen LogP contribution < -0.4 is 5.32 Å². The number of pyridine rings is 1. The molecular formula is C16H20N2. The number of rotatable bonds is 4. The van der Waals surface area contributed by atoms with Crippen LogP contribution in [0.4, 0.5) is 0 Å². The summed E-state index contributed by atoms with van der Waals surface area (Å²) >= 11 is 0. The smallest absolute Gasteiger partial charge is 0.0579 e. The van der Waals surface area contributed by atoms with Crippen molar-refractivity contribution in [2.45, 2.75) is 26.3 Å². The number of hydrogen-bond acceptors (Lipinski definition) is 2. The van der Waals surface area contributed by atoms with E-state index in [4.69, 9.17) is 0 Å². The van der Waals surface area contributed by atoms with Gasteiger partial charge in [-0.2, -0.15) is 0 Å². The Labute approximate surface area is 109 Å². The van der Waals surface area contributed by atoms with Crippen molar-refractivity contribution >= 4 is 0 Å². The third-order valence-electron chi connectivity index (χ3n) is 3.18. The average Bonchev–Trinajstić information content (AvgIpc) is 2.38. The van der Waals surface area contributed by atoms with Gasteiger partial charge in [-0.1, -0.05) is 35.9 Å². The number of aromatic nitrogens is 1. The van der Waals surface area contributed by atoms with Gasteiger partial charge in [0.05, 0.1) is 11.7 Å².